The maximum Gasteiger partial charge on any atom is 0.200 e. The summed E-state index contributed by atoms with van der Waals surface area (Å²) < 4.78 is 86.7. The molecule has 202 valence electrons. The van der Waals surface area contributed by atoms with Gasteiger partial charge in [-0.3, -0.25) is 0 Å². The summed E-state index contributed by atoms with van der Waals surface area (Å²) in [5.41, 5.74) is -0.0787. The second kappa shape index (κ2) is 11.6. The number of aryl methyl sites for hydroxylation is 1. The molecule has 3 aromatic carbocycles. The highest BCUT2D eigenvalue weighted by Gasteiger charge is 2.24. The van der Waals surface area contributed by atoms with Crippen LogP contribution in [0.2, 0.25) is 0 Å². The lowest BCUT2D eigenvalue weighted by atomic mass is 9.83. The van der Waals surface area contributed by atoms with E-state index in [1.54, 1.807) is 0 Å². The van der Waals surface area contributed by atoms with Crippen LogP contribution in [0.3, 0.4) is 0 Å². The maximum atomic E-state index is 14.8. The van der Waals surface area contributed by atoms with Crippen LogP contribution >= 0.6 is 0 Å². The molecule has 0 bridgehead atoms. The number of aromatic hydroxyl groups is 1. The lowest BCUT2D eigenvalue weighted by Crippen LogP contribution is -2.10. The van der Waals surface area contributed by atoms with Gasteiger partial charge in [-0.25, -0.2) is 22.0 Å². The number of halogens is 6. The van der Waals surface area contributed by atoms with Gasteiger partial charge in [-0.15, -0.1) is 0 Å². The van der Waals surface area contributed by atoms with Crippen molar-refractivity contribution >= 4 is 5.57 Å². The molecule has 0 aromatic heterocycles. The van der Waals surface area contributed by atoms with Crippen molar-refractivity contribution in [1.82, 2.24) is 0 Å². The topological polar surface area (TPSA) is 40.5 Å². The average molecular weight is 535 g/mol. The third-order valence-electron chi connectivity index (χ3n) is 7.24. The fourth-order valence-electron chi connectivity index (χ4n) is 4.99. The summed E-state index contributed by atoms with van der Waals surface area (Å²) in [4.78, 5) is 0. The predicted molar refractivity (Wildman–Crippen MR) is 133 cm³/mol. The standard InChI is InChI=1S/C30H28F6O2/c1-2-3-23(37)22-13-12-19(26(32)29(22)35)17-7-4-16(5-8-17)6-9-18-10-11-20(27(33)25(18)31)21-14-15-24(38)30(36)28(21)34/h7,10-16,23,37-38H,2-6,8-9H2,1H3. The molecule has 0 fully saturated rings. The van der Waals surface area contributed by atoms with Crippen LogP contribution in [-0.2, 0) is 6.42 Å². The Kier molecular flexibility index (Phi) is 8.51. The van der Waals surface area contributed by atoms with E-state index in [1.165, 1.54) is 24.3 Å². The monoisotopic (exact) mass is 534 g/mol. The van der Waals surface area contributed by atoms with Gasteiger partial charge in [0.15, 0.2) is 34.8 Å². The molecule has 0 aliphatic heterocycles. The summed E-state index contributed by atoms with van der Waals surface area (Å²) in [5.74, 6) is -8.29. The number of allylic oxidation sites excluding steroid dienone is 2. The Morgan fingerprint density at radius 2 is 1.42 bits per heavy atom. The van der Waals surface area contributed by atoms with Crippen LogP contribution in [0.5, 0.6) is 5.75 Å². The molecule has 0 saturated heterocycles. The van der Waals surface area contributed by atoms with Crippen LogP contribution < -0.4 is 0 Å². The summed E-state index contributed by atoms with van der Waals surface area (Å²) in [6, 6.07) is 7.26. The van der Waals surface area contributed by atoms with Crippen LogP contribution in [0.4, 0.5) is 26.3 Å². The molecular formula is C30H28F6O2. The zero-order valence-corrected chi connectivity index (χ0v) is 20.8. The quantitative estimate of drug-likeness (QED) is 0.284. The van der Waals surface area contributed by atoms with Crippen molar-refractivity contribution < 1.29 is 36.6 Å². The third kappa shape index (κ3) is 5.46. The van der Waals surface area contributed by atoms with Crippen LogP contribution in [0.25, 0.3) is 16.7 Å². The number of phenolic OH excluding ortho intramolecular Hbond substituents is 1. The molecular weight excluding hydrogens is 506 g/mol. The van der Waals surface area contributed by atoms with Crippen molar-refractivity contribution in [3.8, 4) is 16.9 Å². The molecule has 0 saturated carbocycles. The van der Waals surface area contributed by atoms with Crippen molar-refractivity contribution in [1.29, 1.82) is 0 Å². The molecule has 2 nitrogen and oxygen atoms in total. The Morgan fingerprint density at radius 1 is 0.789 bits per heavy atom. The summed E-state index contributed by atoms with van der Waals surface area (Å²) >= 11 is 0. The van der Waals surface area contributed by atoms with Crippen molar-refractivity contribution in [3.05, 3.63) is 94.1 Å². The number of benzene rings is 3. The maximum absolute atomic E-state index is 14.8. The van der Waals surface area contributed by atoms with Gasteiger partial charge in [0.1, 0.15) is 0 Å². The van der Waals surface area contributed by atoms with Gasteiger partial charge in [-0.05, 0) is 67.7 Å². The minimum Gasteiger partial charge on any atom is -0.505 e. The Labute approximate surface area is 217 Å². The molecule has 8 heteroatoms. The Bertz CT molecular complexity index is 1370. The highest BCUT2D eigenvalue weighted by Crippen LogP contribution is 2.37. The number of phenols is 1. The third-order valence-corrected chi connectivity index (χ3v) is 7.24. The largest absolute Gasteiger partial charge is 0.505 e. The normalized spacial score (nSPS) is 16.4. The Morgan fingerprint density at radius 3 is 2.08 bits per heavy atom. The molecule has 0 amide bonds. The number of hydrogen-bond donors (Lipinski definition) is 2. The first kappa shape index (κ1) is 27.8. The van der Waals surface area contributed by atoms with Gasteiger partial charge in [-0.2, -0.15) is 4.39 Å². The number of rotatable bonds is 8. The number of aliphatic hydroxyl groups is 1. The van der Waals surface area contributed by atoms with Gasteiger partial charge in [0, 0.05) is 22.3 Å². The van der Waals surface area contributed by atoms with E-state index in [0.717, 1.165) is 12.1 Å². The minimum atomic E-state index is -1.54. The van der Waals surface area contributed by atoms with Crippen LogP contribution in [0.1, 0.15) is 68.2 Å². The second-order valence-electron chi connectivity index (χ2n) is 9.70. The van der Waals surface area contributed by atoms with Gasteiger partial charge in [-0.1, -0.05) is 43.7 Å². The first-order valence-electron chi connectivity index (χ1n) is 12.6. The molecule has 1 aliphatic rings. The van der Waals surface area contributed by atoms with Gasteiger partial charge in [0.25, 0.3) is 0 Å². The molecule has 2 atom stereocenters. The average Bonchev–Trinajstić information content (AvgIpc) is 2.91. The van der Waals surface area contributed by atoms with Gasteiger partial charge in [0.05, 0.1) is 6.10 Å². The summed E-state index contributed by atoms with van der Waals surface area (Å²) in [7, 11) is 0. The molecule has 4 rings (SSSR count). The lowest BCUT2D eigenvalue weighted by molar-refractivity contribution is 0.160. The summed E-state index contributed by atoms with van der Waals surface area (Å²) in [6.45, 7) is 1.84. The second-order valence-corrected chi connectivity index (χ2v) is 9.70. The molecule has 2 unspecified atom stereocenters. The Hall–Kier alpha value is -3.26. The molecule has 2 N–H and O–H groups in total. The van der Waals surface area contributed by atoms with Crippen molar-refractivity contribution in [2.24, 2.45) is 5.92 Å². The van der Waals surface area contributed by atoms with E-state index >= 15 is 0 Å². The number of aliphatic hydroxyl groups excluding tert-OH is 1. The predicted octanol–water partition coefficient (Wildman–Crippen LogP) is 8.54. The fourth-order valence-corrected chi connectivity index (χ4v) is 4.99. The van der Waals surface area contributed by atoms with Crippen LogP contribution in [0, 0.1) is 40.8 Å². The molecule has 0 radical (unpaired) electrons. The van der Waals surface area contributed by atoms with Crippen molar-refractivity contribution in [3.63, 3.8) is 0 Å². The van der Waals surface area contributed by atoms with E-state index in [-0.39, 0.29) is 29.0 Å². The van der Waals surface area contributed by atoms with E-state index in [4.69, 9.17) is 0 Å². The summed E-state index contributed by atoms with van der Waals surface area (Å²) in [5, 5.41) is 19.3. The molecule has 0 spiro atoms. The van der Waals surface area contributed by atoms with E-state index in [2.05, 4.69) is 0 Å². The smallest absolute Gasteiger partial charge is 0.200 e. The highest BCUT2D eigenvalue weighted by molar-refractivity contribution is 5.68. The Balaban J connectivity index is 1.43. The van der Waals surface area contributed by atoms with Gasteiger partial charge in [0.2, 0.25) is 5.82 Å². The zero-order chi connectivity index (χ0) is 27.6. The molecule has 3 aromatic rings. The fraction of sp³-hybridized carbons (Fsp3) is 0.333. The van der Waals surface area contributed by atoms with E-state index in [9.17, 15) is 36.6 Å². The van der Waals surface area contributed by atoms with E-state index in [0.29, 0.717) is 44.1 Å². The zero-order valence-electron chi connectivity index (χ0n) is 20.8. The molecule has 1 aliphatic carbocycles. The minimum absolute atomic E-state index is 0.0547. The first-order chi connectivity index (χ1) is 18.1. The highest BCUT2D eigenvalue weighted by atomic mass is 19.2. The van der Waals surface area contributed by atoms with Gasteiger partial charge < -0.3 is 10.2 Å². The SMILES string of the molecule is CCCC(O)c1ccc(C2=CCC(CCc3ccc(-c4ccc(O)c(F)c4F)c(F)c3F)CC2)c(F)c1F. The molecule has 38 heavy (non-hydrogen) atoms. The lowest BCUT2D eigenvalue weighted by Gasteiger charge is -2.23. The van der Waals surface area contributed by atoms with Gasteiger partial charge >= 0.3 is 0 Å². The van der Waals surface area contributed by atoms with E-state index in [1.807, 2.05) is 13.0 Å². The molecule has 0 heterocycles. The first-order valence-corrected chi connectivity index (χ1v) is 12.6. The number of hydrogen-bond acceptors (Lipinski definition) is 2. The van der Waals surface area contributed by atoms with Crippen molar-refractivity contribution in [2.75, 3.05) is 0 Å². The van der Waals surface area contributed by atoms with Crippen LogP contribution in [-0.4, -0.2) is 10.2 Å². The van der Waals surface area contributed by atoms with Crippen LogP contribution in [0.15, 0.2) is 42.5 Å². The van der Waals surface area contributed by atoms with E-state index < -0.39 is 57.9 Å². The summed E-state index contributed by atoms with van der Waals surface area (Å²) in [6.07, 6.45) is 4.14. The van der Waals surface area contributed by atoms with Crippen molar-refractivity contribution in [2.45, 2.75) is 58.0 Å².